The molecule has 2 nitrogen and oxygen atoms in total. The molecule has 0 aliphatic carbocycles. The largest absolute Gasteiger partial charge is 0.369 e. The van der Waals surface area contributed by atoms with Crippen molar-refractivity contribution >= 4 is 11.6 Å². The van der Waals surface area contributed by atoms with E-state index in [1.54, 1.807) is 0 Å². The third-order valence-corrected chi connectivity index (χ3v) is 1.52. The van der Waals surface area contributed by atoms with E-state index in [1.807, 2.05) is 32.8 Å². The molecule has 0 amide bonds. The van der Waals surface area contributed by atoms with Crippen LogP contribution in [0.1, 0.15) is 13.8 Å². The topological polar surface area (TPSA) is 38.2 Å². The molecule has 0 aromatic heterocycles. The molecule has 3 N–H and O–H groups in total. The molecule has 0 bridgehead atoms. The quantitative estimate of drug-likeness (QED) is 0.582. The Balaban J connectivity index is 0. The van der Waals surface area contributed by atoms with Gasteiger partial charge in [0.15, 0.2) is 0 Å². The monoisotopic (exact) mass is 150 g/mol. The number of allylic oxidation sites excluding steroid dienone is 1. The highest BCUT2D eigenvalue weighted by molar-refractivity contribution is 6.29. The number of halogens is 1. The average molecular weight is 151 g/mol. The van der Waals surface area contributed by atoms with E-state index in [4.69, 9.17) is 11.6 Å². The van der Waals surface area contributed by atoms with E-state index in [2.05, 4.69) is 0 Å². The van der Waals surface area contributed by atoms with E-state index < -0.39 is 0 Å². The van der Waals surface area contributed by atoms with Crippen molar-refractivity contribution in [3.63, 3.8) is 0 Å². The fourth-order valence-corrected chi connectivity index (χ4v) is 0.447. The van der Waals surface area contributed by atoms with Gasteiger partial charge in [-0.05, 0) is 19.4 Å². The Labute approximate surface area is 62.1 Å². The van der Waals surface area contributed by atoms with Crippen molar-refractivity contribution in [3.05, 3.63) is 10.7 Å². The Hall–Kier alpha value is -0.210. The molecule has 0 radical (unpaired) electrons. The highest BCUT2D eigenvalue weighted by Gasteiger charge is 1.93. The van der Waals surface area contributed by atoms with Gasteiger partial charge in [0.25, 0.3) is 0 Å². The zero-order chi connectivity index (χ0) is 6.73. The summed E-state index contributed by atoms with van der Waals surface area (Å²) >= 11 is 5.76. The van der Waals surface area contributed by atoms with Gasteiger partial charge in [0, 0.05) is 14.1 Å². The molecule has 9 heavy (non-hydrogen) atoms. The molecule has 0 aliphatic heterocycles. The van der Waals surface area contributed by atoms with Gasteiger partial charge >= 0.3 is 0 Å². The van der Waals surface area contributed by atoms with Crippen LogP contribution in [-0.4, -0.2) is 19.0 Å². The Bertz CT molecular complexity index is 104. The fourth-order valence-electron chi connectivity index (χ4n) is 0.447. The molecule has 0 aromatic carbocycles. The third kappa shape index (κ3) is 4.30. The lowest BCUT2D eigenvalue weighted by Gasteiger charge is -2.11. The summed E-state index contributed by atoms with van der Waals surface area (Å²) in [5.41, 5.74) is 1.15. The minimum absolute atomic E-state index is 0. The molecule has 0 heterocycles. The van der Waals surface area contributed by atoms with Gasteiger partial charge in [-0.3, -0.25) is 0 Å². The molecule has 0 saturated heterocycles. The first-order valence-corrected chi connectivity index (χ1v) is 2.93. The summed E-state index contributed by atoms with van der Waals surface area (Å²) in [5, 5.41) is 0.824. The molecule has 0 aromatic rings. The van der Waals surface area contributed by atoms with E-state index in [-0.39, 0.29) is 6.15 Å². The lowest BCUT2D eigenvalue weighted by Crippen LogP contribution is -2.07. The van der Waals surface area contributed by atoms with Crippen LogP contribution >= 0.6 is 11.6 Å². The molecular formula is C6H15ClN2. The smallest absolute Gasteiger partial charge is 0.102 e. The minimum Gasteiger partial charge on any atom is -0.369 e. The van der Waals surface area contributed by atoms with E-state index in [0.717, 1.165) is 10.7 Å². The van der Waals surface area contributed by atoms with Crippen LogP contribution in [0.2, 0.25) is 0 Å². The zero-order valence-electron chi connectivity index (χ0n) is 6.53. The Morgan fingerprint density at radius 2 is 1.56 bits per heavy atom. The maximum Gasteiger partial charge on any atom is 0.102 e. The number of rotatable bonds is 1. The molecule has 3 heteroatoms. The second kappa shape index (κ2) is 4.65. The van der Waals surface area contributed by atoms with Crippen LogP contribution < -0.4 is 6.15 Å². The molecule has 56 valence electrons. The van der Waals surface area contributed by atoms with Crippen molar-refractivity contribution in [1.29, 1.82) is 0 Å². The van der Waals surface area contributed by atoms with Crippen LogP contribution in [0.3, 0.4) is 0 Å². The maximum absolute atomic E-state index is 5.76. The molecule has 0 saturated carbocycles. The number of nitrogens with zero attached hydrogens (tertiary/aromatic N) is 1. The van der Waals surface area contributed by atoms with E-state index in [9.17, 15) is 0 Å². The first-order valence-electron chi connectivity index (χ1n) is 2.56. The van der Waals surface area contributed by atoms with Crippen LogP contribution in [0.25, 0.3) is 0 Å². The molecule has 0 fully saturated rings. The van der Waals surface area contributed by atoms with Crippen molar-refractivity contribution in [2.75, 3.05) is 14.1 Å². The van der Waals surface area contributed by atoms with E-state index >= 15 is 0 Å². The van der Waals surface area contributed by atoms with Crippen molar-refractivity contribution in [2.45, 2.75) is 13.8 Å². The normalized spacial score (nSPS) is 7.67. The van der Waals surface area contributed by atoms with Gasteiger partial charge in [-0.15, -0.1) is 0 Å². The van der Waals surface area contributed by atoms with Crippen LogP contribution in [0.4, 0.5) is 0 Å². The summed E-state index contributed by atoms with van der Waals surface area (Å²) < 4.78 is 0. The van der Waals surface area contributed by atoms with Crippen LogP contribution in [-0.2, 0) is 0 Å². The lowest BCUT2D eigenvalue weighted by atomic mass is 10.4. The lowest BCUT2D eigenvalue weighted by molar-refractivity contribution is 0.541. The first kappa shape index (κ1) is 11.6. The summed E-state index contributed by atoms with van der Waals surface area (Å²) in [6, 6.07) is 0. The molecule has 0 aliphatic rings. The van der Waals surface area contributed by atoms with Gasteiger partial charge in [-0.2, -0.15) is 0 Å². The van der Waals surface area contributed by atoms with Gasteiger partial charge in [-0.25, -0.2) is 0 Å². The Morgan fingerprint density at radius 3 is 1.56 bits per heavy atom. The Morgan fingerprint density at radius 1 is 1.22 bits per heavy atom. The molecule has 0 rings (SSSR count). The summed E-state index contributed by atoms with van der Waals surface area (Å²) in [6.07, 6.45) is 0. The van der Waals surface area contributed by atoms with E-state index in [0.29, 0.717) is 0 Å². The first-order chi connectivity index (χ1) is 3.55. The number of hydrogen-bond acceptors (Lipinski definition) is 2. The highest BCUT2D eigenvalue weighted by atomic mass is 35.5. The van der Waals surface area contributed by atoms with Crippen LogP contribution in [0, 0.1) is 0 Å². The van der Waals surface area contributed by atoms with Crippen molar-refractivity contribution in [1.82, 2.24) is 11.1 Å². The predicted octanol–water partition coefficient (Wildman–Crippen LogP) is 2.20. The SMILES string of the molecule is CC(C)=C(Cl)N(C)C.N. The maximum atomic E-state index is 5.76. The standard InChI is InChI=1S/C6H12ClN.H3N/c1-5(2)6(7)8(3)4;/h1-4H3;1H3. The van der Waals surface area contributed by atoms with Gasteiger partial charge in [0.05, 0.1) is 0 Å². The second-order valence-electron chi connectivity index (χ2n) is 2.19. The van der Waals surface area contributed by atoms with Crippen molar-refractivity contribution < 1.29 is 0 Å². The van der Waals surface area contributed by atoms with E-state index in [1.165, 1.54) is 0 Å². The van der Waals surface area contributed by atoms with Crippen molar-refractivity contribution in [2.24, 2.45) is 0 Å². The number of hydrogen-bond donors (Lipinski definition) is 1. The summed E-state index contributed by atoms with van der Waals surface area (Å²) in [5.74, 6) is 0. The van der Waals surface area contributed by atoms with Crippen LogP contribution in [0.15, 0.2) is 10.7 Å². The summed E-state index contributed by atoms with van der Waals surface area (Å²) in [4.78, 5) is 1.89. The van der Waals surface area contributed by atoms with Gasteiger partial charge in [-0.1, -0.05) is 11.6 Å². The Kier molecular flexibility index (Phi) is 5.98. The fraction of sp³-hybridized carbons (Fsp3) is 0.667. The third-order valence-electron chi connectivity index (χ3n) is 0.805. The van der Waals surface area contributed by atoms with Gasteiger partial charge in [0.2, 0.25) is 0 Å². The highest BCUT2D eigenvalue weighted by Crippen LogP contribution is 2.09. The van der Waals surface area contributed by atoms with Crippen LogP contribution in [0.5, 0.6) is 0 Å². The molecular weight excluding hydrogens is 136 g/mol. The molecule has 0 unspecified atom stereocenters. The predicted molar refractivity (Wildman–Crippen MR) is 42.9 cm³/mol. The summed E-state index contributed by atoms with van der Waals surface area (Å²) in [7, 11) is 3.85. The summed E-state index contributed by atoms with van der Waals surface area (Å²) in [6.45, 7) is 3.98. The van der Waals surface area contributed by atoms with Gasteiger partial charge in [0.1, 0.15) is 5.16 Å². The second-order valence-corrected chi connectivity index (χ2v) is 2.54. The molecule has 0 atom stereocenters. The minimum atomic E-state index is 0. The molecule has 0 spiro atoms. The van der Waals surface area contributed by atoms with Crippen molar-refractivity contribution in [3.8, 4) is 0 Å². The zero-order valence-corrected chi connectivity index (χ0v) is 7.29. The average Bonchev–Trinajstić information content (AvgIpc) is 1.64. The van der Waals surface area contributed by atoms with Gasteiger partial charge < -0.3 is 11.1 Å².